The molecule has 3 atom stereocenters. The third kappa shape index (κ3) is 5.23. The van der Waals surface area contributed by atoms with E-state index in [-0.39, 0.29) is 23.9 Å². The first-order chi connectivity index (χ1) is 13.5. The van der Waals surface area contributed by atoms with Crippen LogP contribution in [0.15, 0.2) is 0 Å². The molecule has 3 aliphatic heterocycles. The number of ether oxygens (including phenoxy) is 1. The van der Waals surface area contributed by atoms with Gasteiger partial charge in [0.1, 0.15) is 11.6 Å². The van der Waals surface area contributed by atoms with Crippen molar-refractivity contribution in [1.29, 1.82) is 0 Å². The summed E-state index contributed by atoms with van der Waals surface area (Å²) in [6.45, 7) is 13.1. The van der Waals surface area contributed by atoms with Crippen LogP contribution in [0, 0.1) is 17.8 Å². The van der Waals surface area contributed by atoms with Crippen molar-refractivity contribution in [3.63, 3.8) is 0 Å². The SMILES string of the molecule is CC(C)C[C@@H](C(=O)N1C[C@H]2CN(C(=O)OC(C)(C)C)C[C@H]2C1)N1CCCCC1=O. The van der Waals surface area contributed by atoms with Crippen LogP contribution in [0.3, 0.4) is 0 Å². The van der Waals surface area contributed by atoms with E-state index in [1.807, 2.05) is 30.6 Å². The molecule has 0 N–H and O–H groups in total. The van der Waals surface area contributed by atoms with Crippen molar-refractivity contribution < 1.29 is 19.1 Å². The molecule has 0 spiro atoms. The van der Waals surface area contributed by atoms with Gasteiger partial charge < -0.3 is 19.4 Å². The maximum atomic E-state index is 13.4. The number of fused-ring (bicyclic) bond motifs is 1. The van der Waals surface area contributed by atoms with Crippen molar-refractivity contribution in [3.05, 3.63) is 0 Å². The minimum absolute atomic E-state index is 0.0900. The summed E-state index contributed by atoms with van der Waals surface area (Å²) in [6, 6.07) is -0.344. The maximum Gasteiger partial charge on any atom is 0.410 e. The molecule has 3 aliphatic rings. The molecular weight excluding hydrogens is 370 g/mol. The van der Waals surface area contributed by atoms with E-state index in [2.05, 4.69) is 13.8 Å². The van der Waals surface area contributed by atoms with Crippen molar-refractivity contribution in [1.82, 2.24) is 14.7 Å². The first-order valence-electron chi connectivity index (χ1n) is 11.1. The Bertz CT molecular complexity index is 628. The number of likely N-dealkylation sites (tertiary alicyclic amines) is 3. The summed E-state index contributed by atoms with van der Waals surface area (Å²) in [5.74, 6) is 1.15. The molecule has 0 bridgehead atoms. The van der Waals surface area contributed by atoms with Gasteiger partial charge >= 0.3 is 6.09 Å². The molecule has 3 heterocycles. The second-order valence-corrected chi connectivity index (χ2v) is 10.3. The molecule has 3 amide bonds. The highest BCUT2D eigenvalue weighted by Gasteiger charge is 2.46. The van der Waals surface area contributed by atoms with Crippen molar-refractivity contribution >= 4 is 17.9 Å². The largest absolute Gasteiger partial charge is 0.444 e. The van der Waals surface area contributed by atoms with E-state index in [1.165, 1.54) is 0 Å². The zero-order valence-corrected chi connectivity index (χ0v) is 18.6. The number of rotatable bonds is 4. The van der Waals surface area contributed by atoms with Crippen molar-refractivity contribution in [2.24, 2.45) is 17.8 Å². The average Bonchev–Trinajstić information content (AvgIpc) is 3.17. The Morgan fingerprint density at radius 3 is 2.14 bits per heavy atom. The Hall–Kier alpha value is -1.79. The standard InChI is InChI=1S/C22H37N3O4/c1-15(2)10-18(25-9-7-6-8-19(25)26)20(27)23-11-16-13-24(14-17(16)12-23)21(28)29-22(3,4)5/h15-18H,6-14H2,1-5H3/t16-,17+,18-/m0/s1. The lowest BCUT2D eigenvalue weighted by atomic mass is 9.98. The quantitative estimate of drug-likeness (QED) is 0.718. The molecule has 0 unspecified atom stereocenters. The first-order valence-corrected chi connectivity index (χ1v) is 11.1. The van der Waals surface area contributed by atoms with Crippen LogP contribution in [0.1, 0.15) is 60.3 Å². The zero-order valence-electron chi connectivity index (χ0n) is 18.6. The van der Waals surface area contributed by atoms with E-state index in [0.29, 0.717) is 63.3 Å². The van der Waals surface area contributed by atoms with Crippen LogP contribution >= 0.6 is 0 Å². The Morgan fingerprint density at radius 2 is 1.62 bits per heavy atom. The van der Waals surface area contributed by atoms with Crippen molar-refractivity contribution in [3.8, 4) is 0 Å². The van der Waals surface area contributed by atoms with Crippen molar-refractivity contribution in [2.75, 3.05) is 32.7 Å². The molecule has 0 aliphatic carbocycles. The summed E-state index contributed by atoms with van der Waals surface area (Å²) in [4.78, 5) is 43.8. The number of nitrogens with zero attached hydrogens (tertiary/aromatic N) is 3. The molecule has 7 nitrogen and oxygen atoms in total. The number of piperidine rings is 1. The summed E-state index contributed by atoms with van der Waals surface area (Å²) in [7, 11) is 0. The molecule has 0 saturated carbocycles. The predicted molar refractivity (Wildman–Crippen MR) is 110 cm³/mol. The van der Waals surface area contributed by atoms with Gasteiger partial charge in [-0.1, -0.05) is 13.8 Å². The van der Waals surface area contributed by atoms with Gasteiger partial charge in [-0.05, 0) is 46.0 Å². The van der Waals surface area contributed by atoms with Gasteiger partial charge in [0.2, 0.25) is 11.8 Å². The molecule has 3 saturated heterocycles. The number of hydrogen-bond donors (Lipinski definition) is 0. The lowest BCUT2D eigenvalue weighted by Gasteiger charge is -2.37. The van der Waals surface area contributed by atoms with E-state index in [0.717, 1.165) is 12.8 Å². The van der Waals surface area contributed by atoms with Crippen molar-refractivity contribution in [2.45, 2.75) is 71.9 Å². The van der Waals surface area contributed by atoms with Crippen LogP contribution in [0.4, 0.5) is 4.79 Å². The van der Waals surface area contributed by atoms with E-state index >= 15 is 0 Å². The second-order valence-electron chi connectivity index (χ2n) is 10.3. The minimum Gasteiger partial charge on any atom is -0.444 e. The third-order valence-electron chi connectivity index (χ3n) is 6.17. The van der Waals surface area contributed by atoms with Crippen LogP contribution in [-0.4, -0.2) is 77.0 Å². The monoisotopic (exact) mass is 407 g/mol. The molecule has 0 aromatic carbocycles. The minimum atomic E-state index is -0.498. The summed E-state index contributed by atoms with van der Waals surface area (Å²) >= 11 is 0. The Balaban J connectivity index is 1.61. The third-order valence-corrected chi connectivity index (χ3v) is 6.17. The summed E-state index contributed by atoms with van der Waals surface area (Å²) < 4.78 is 5.50. The van der Waals surface area contributed by atoms with Gasteiger partial charge in [0.15, 0.2) is 0 Å². The topological polar surface area (TPSA) is 70.2 Å². The molecule has 29 heavy (non-hydrogen) atoms. The maximum absolute atomic E-state index is 13.4. The fourth-order valence-electron chi connectivity index (χ4n) is 4.82. The number of amides is 3. The van der Waals surface area contributed by atoms with Gasteiger partial charge in [0.05, 0.1) is 0 Å². The molecule has 0 aromatic heterocycles. The molecule has 3 fully saturated rings. The number of carbonyl (C=O) groups is 3. The zero-order chi connectivity index (χ0) is 21.3. The van der Waals surface area contributed by atoms with Crippen LogP contribution in [0.2, 0.25) is 0 Å². The molecular formula is C22H37N3O4. The molecule has 3 rings (SSSR count). The normalized spacial score (nSPS) is 26.1. The van der Waals surface area contributed by atoms with Crippen LogP contribution in [-0.2, 0) is 14.3 Å². The van der Waals surface area contributed by atoms with E-state index < -0.39 is 5.60 Å². The van der Waals surface area contributed by atoms with E-state index in [4.69, 9.17) is 4.74 Å². The average molecular weight is 408 g/mol. The lowest BCUT2D eigenvalue weighted by Crippen LogP contribution is -2.53. The first kappa shape index (κ1) is 21.9. The number of carbonyl (C=O) groups excluding carboxylic acids is 3. The smallest absolute Gasteiger partial charge is 0.410 e. The molecule has 7 heteroatoms. The highest BCUT2D eigenvalue weighted by molar-refractivity contribution is 5.88. The molecule has 0 aromatic rings. The van der Waals surface area contributed by atoms with E-state index in [9.17, 15) is 14.4 Å². The molecule has 164 valence electrons. The fraction of sp³-hybridized carbons (Fsp3) is 0.864. The van der Waals surface area contributed by atoms with E-state index in [1.54, 1.807) is 4.90 Å². The highest BCUT2D eigenvalue weighted by Crippen LogP contribution is 2.33. The van der Waals surface area contributed by atoms with Crippen LogP contribution in [0.5, 0.6) is 0 Å². The Labute approximate surface area is 174 Å². The highest BCUT2D eigenvalue weighted by atomic mass is 16.6. The molecule has 0 radical (unpaired) electrons. The Morgan fingerprint density at radius 1 is 1.03 bits per heavy atom. The van der Waals surface area contributed by atoms with Crippen LogP contribution < -0.4 is 0 Å². The predicted octanol–water partition coefficient (Wildman–Crippen LogP) is 2.74. The second kappa shape index (κ2) is 8.52. The summed E-state index contributed by atoms with van der Waals surface area (Å²) in [5.41, 5.74) is -0.498. The number of hydrogen-bond acceptors (Lipinski definition) is 4. The van der Waals surface area contributed by atoms with Gasteiger partial charge in [0.25, 0.3) is 0 Å². The summed E-state index contributed by atoms with van der Waals surface area (Å²) in [6.07, 6.45) is 2.90. The lowest BCUT2D eigenvalue weighted by molar-refractivity contribution is -0.147. The van der Waals surface area contributed by atoms with Gasteiger partial charge in [-0.15, -0.1) is 0 Å². The van der Waals surface area contributed by atoms with Gasteiger partial charge in [0, 0.05) is 51.0 Å². The Kier molecular flexibility index (Phi) is 6.44. The van der Waals surface area contributed by atoms with Crippen LogP contribution in [0.25, 0.3) is 0 Å². The fourth-order valence-corrected chi connectivity index (χ4v) is 4.82. The van der Waals surface area contributed by atoms with Gasteiger partial charge in [-0.2, -0.15) is 0 Å². The van der Waals surface area contributed by atoms with Gasteiger partial charge in [-0.3, -0.25) is 9.59 Å². The summed E-state index contributed by atoms with van der Waals surface area (Å²) in [5, 5.41) is 0. The van der Waals surface area contributed by atoms with Gasteiger partial charge in [-0.25, -0.2) is 4.79 Å².